The fourth-order valence-corrected chi connectivity index (χ4v) is 2.35. The van der Waals surface area contributed by atoms with Gasteiger partial charge in [-0.05, 0) is 38.0 Å². The first-order valence-corrected chi connectivity index (χ1v) is 7.16. The molecule has 2 aromatic carbocycles. The van der Waals surface area contributed by atoms with Gasteiger partial charge in [-0.3, -0.25) is 4.79 Å². The third-order valence-corrected chi connectivity index (χ3v) is 3.58. The summed E-state index contributed by atoms with van der Waals surface area (Å²) < 4.78 is 0. The Morgan fingerprint density at radius 3 is 2.38 bits per heavy atom. The molecule has 21 heavy (non-hydrogen) atoms. The van der Waals surface area contributed by atoms with Crippen molar-refractivity contribution < 1.29 is 9.90 Å². The van der Waals surface area contributed by atoms with Crippen LogP contribution in [0, 0.1) is 13.8 Å². The summed E-state index contributed by atoms with van der Waals surface area (Å²) in [6, 6.07) is 13.1. The molecule has 0 aliphatic carbocycles. The number of amides is 1. The first-order chi connectivity index (χ1) is 10.0. The summed E-state index contributed by atoms with van der Waals surface area (Å²) in [7, 11) is 0. The van der Waals surface area contributed by atoms with E-state index in [1.807, 2.05) is 51.1 Å². The molecule has 0 saturated carbocycles. The molecule has 0 bridgehead atoms. The SMILES string of the molecule is CCN(C(=O)Cc1ccc(C)cc1)c1cc(O)ccc1C. The van der Waals surface area contributed by atoms with Crippen LogP contribution in [0.4, 0.5) is 5.69 Å². The van der Waals surface area contributed by atoms with Crippen LogP contribution < -0.4 is 4.90 Å². The summed E-state index contributed by atoms with van der Waals surface area (Å²) in [6.07, 6.45) is 0.364. The molecule has 0 spiro atoms. The molecule has 0 atom stereocenters. The van der Waals surface area contributed by atoms with Crippen LogP contribution in [-0.4, -0.2) is 17.6 Å². The van der Waals surface area contributed by atoms with Crippen molar-refractivity contribution in [3.05, 3.63) is 59.2 Å². The van der Waals surface area contributed by atoms with Crippen molar-refractivity contribution in [2.24, 2.45) is 0 Å². The highest BCUT2D eigenvalue weighted by Crippen LogP contribution is 2.25. The molecule has 0 heterocycles. The smallest absolute Gasteiger partial charge is 0.231 e. The van der Waals surface area contributed by atoms with Gasteiger partial charge in [-0.2, -0.15) is 0 Å². The van der Waals surface area contributed by atoms with Gasteiger partial charge < -0.3 is 10.0 Å². The first-order valence-electron chi connectivity index (χ1n) is 7.16. The fraction of sp³-hybridized carbons (Fsp3) is 0.278. The van der Waals surface area contributed by atoms with E-state index in [2.05, 4.69) is 0 Å². The number of nitrogens with zero attached hydrogens (tertiary/aromatic N) is 1. The summed E-state index contributed by atoms with van der Waals surface area (Å²) in [4.78, 5) is 14.3. The zero-order chi connectivity index (χ0) is 15.4. The minimum atomic E-state index is 0.0371. The van der Waals surface area contributed by atoms with E-state index < -0.39 is 0 Å². The number of carbonyl (C=O) groups excluding carboxylic acids is 1. The Morgan fingerprint density at radius 1 is 1.10 bits per heavy atom. The molecule has 0 aliphatic heterocycles. The van der Waals surface area contributed by atoms with Crippen LogP contribution in [0.3, 0.4) is 0 Å². The molecule has 0 aromatic heterocycles. The number of likely N-dealkylation sites (N-methyl/N-ethyl adjacent to an activating group) is 1. The third-order valence-electron chi connectivity index (χ3n) is 3.58. The fourth-order valence-electron chi connectivity index (χ4n) is 2.35. The second kappa shape index (κ2) is 6.44. The minimum absolute atomic E-state index is 0.0371. The van der Waals surface area contributed by atoms with Crippen LogP contribution in [-0.2, 0) is 11.2 Å². The maximum atomic E-state index is 12.5. The number of aryl methyl sites for hydroxylation is 2. The van der Waals surface area contributed by atoms with Crippen molar-refractivity contribution in [2.75, 3.05) is 11.4 Å². The van der Waals surface area contributed by atoms with Crippen LogP contribution in [0.25, 0.3) is 0 Å². The number of phenolic OH excluding ortho intramolecular Hbond substituents is 1. The quantitative estimate of drug-likeness (QED) is 0.931. The van der Waals surface area contributed by atoms with Crippen LogP contribution in [0.1, 0.15) is 23.6 Å². The predicted molar refractivity (Wildman–Crippen MR) is 85.8 cm³/mol. The summed E-state index contributed by atoms with van der Waals surface area (Å²) in [5, 5.41) is 9.65. The monoisotopic (exact) mass is 283 g/mol. The number of benzene rings is 2. The minimum Gasteiger partial charge on any atom is -0.508 e. The highest BCUT2D eigenvalue weighted by atomic mass is 16.3. The van der Waals surface area contributed by atoms with Crippen molar-refractivity contribution in [1.82, 2.24) is 0 Å². The van der Waals surface area contributed by atoms with E-state index in [1.54, 1.807) is 17.0 Å². The first kappa shape index (κ1) is 15.1. The number of anilines is 1. The van der Waals surface area contributed by atoms with Crippen LogP contribution in [0.15, 0.2) is 42.5 Å². The largest absolute Gasteiger partial charge is 0.508 e. The Morgan fingerprint density at radius 2 is 1.76 bits per heavy atom. The number of phenols is 1. The van der Waals surface area contributed by atoms with Gasteiger partial charge in [0.1, 0.15) is 5.75 Å². The molecule has 1 N–H and O–H groups in total. The zero-order valence-electron chi connectivity index (χ0n) is 12.8. The van der Waals surface area contributed by atoms with Crippen LogP contribution >= 0.6 is 0 Å². The zero-order valence-corrected chi connectivity index (χ0v) is 12.8. The lowest BCUT2D eigenvalue weighted by molar-refractivity contribution is -0.117. The molecule has 1 amide bonds. The molecule has 2 rings (SSSR count). The van der Waals surface area contributed by atoms with Gasteiger partial charge in [-0.25, -0.2) is 0 Å². The molecule has 2 aromatic rings. The Hall–Kier alpha value is -2.29. The molecule has 110 valence electrons. The number of carbonyl (C=O) groups is 1. The lowest BCUT2D eigenvalue weighted by Gasteiger charge is -2.23. The second-order valence-corrected chi connectivity index (χ2v) is 5.27. The van der Waals surface area contributed by atoms with Gasteiger partial charge in [0.2, 0.25) is 5.91 Å². The topological polar surface area (TPSA) is 40.5 Å². The van der Waals surface area contributed by atoms with Gasteiger partial charge >= 0.3 is 0 Å². The normalized spacial score (nSPS) is 10.4. The van der Waals surface area contributed by atoms with Crippen molar-refractivity contribution in [2.45, 2.75) is 27.2 Å². The molecule has 0 fully saturated rings. The lowest BCUT2D eigenvalue weighted by atomic mass is 10.1. The summed E-state index contributed by atoms with van der Waals surface area (Å²) in [6.45, 7) is 6.49. The molecule has 0 aliphatic rings. The van der Waals surface area contributed by atoms with Gasteiger partial charge in [0.15, 0.2) is 0 Å². The van der Waals surface area contributed by atoms with Gasteiger partial charge in [0, 0.05) is 12.6 Å². The molecular formula is C18H21NO2. The molecule has 0 unspecified atom stereocenters. The number of hydrogen-bond acceptors (Lipinski definition) is 2. The van der Waals surface area contributed by atoms with Gasteiger partial charge in [-0.15, -0.1) is 0 Å². The molecule has 0 radical (unpaired) electrons. The summed E-state index contributed by atoms with van der Waals surface area (Å²) in [5.41, 5.74) is 3.94. The second-order valence-electron chi connectivity index (χ2n) is 5.27. The van der Waals surface area contributed by atoms with E-state index in [1.165, 1.54) is 5.56 Å². The average molecular weight is 283 g/mol. The van der Waals surface area contributed by atoms with E-state index in [-0.39, 0.29) is 11.7 Å². The Kier molecular flexibility index (Phi) is 4.63. The summed E-state index contributed by atoms with van der Waals surface area (Å²) >= 11 is 0. The summed E-state index contributed by atoms with van der Waals surface area (Å²) in [5.74, 6) is 0.215. The van der Waals surface area contributed by atoms with Crippen molar-refractivity contribution in [3.63, 3.8) is 0 Å². The molecule has 3 heteroatoms. The van der Waals surface area contributed by atoms with Gasteiger partial charge in [0.25, 0.3) is 0 Å². The van der Waals surface area contributed by atoms with E-state index in [4.69, 9.17) is 0 Å². The molecule has 3 nitrogen and oxygen atoms in total. The van der Waals surface area contributed by atoms with Crippen molar-refractivity contribution in [1.29, 1.82) is 0 Å². The lowest BCUT2D eigenvalue weighted by Crippen LogP contribution is -2.32. The van der Waals surface area contributed by atoms with E-state index in [0.29, 0.717) is 13.0 Å². The Labute approximate surface area is 125 Å². The Balaban J connectivity index is 2.22. The van der Waals surface area contributed by atoms with Gasteiger partial charge in [0.05, 0.1) is 12.1 Å². The molecular weight excluding hydrogens is 262 g/mol. The standard InChI is InChI=1S/C18H21NO2/c1-4-19(17-12-16(20)10-7-14(17)3)18(21)11-15-8-5-13(2)6-9-15/h5-10,12,20H,4,11H2,1-3H3. The van der Waals surface area contributed by atoms with E-state index in [0.717, 1.165) is 16.8 Å². The Bertz CT molecular complexity index is 632. The third kappa shape index (κ3) is 3.63. The van der Waals surface area contributed by atoms with Crippen molar-refractivity contribution >= 4 is 11.6 Å². The molecule has 0 saturated heterocycles. The highest BCUT2D eigenvalue weighted by molar-refractivity contribution is 5.95. The maximum absolute atomic E-state index is 12.5. The van der Waals surface area contributed by atoms with E-state index >= 15 is 0 Å². The van der Waals surface area contributed by atoms with Gasteiger partial charge in [-0.1, -0.05) is 35.9 Å². The predicted octanol–water partition coefficient (Wildman–Crippen LogP) is 3.60. The van der Waals surface area contributed by atoms with E-state index in [9.17, 15) is 9.90 Å². The van der Waals surface area contributed by atoms with Crippen molar-refractivity contribution in [3.8, 4) is 5.75 Å². The number of aromatic hydroxyl groups is 1. The number of hydrogen-bond donors (Lipinski definition) is 1. The van der Waals surface area contributed by atoms with Crippen LogP contribution in [0.5, 0.6) is 5.75 Å². The van der Waals surface area contributed by atoms with Crippen LogP contribution in [0.2, 0.25) is 0 Å². The highest BCUT2D eigenvalue weighted by Gasteiger charge is 2.16. The number of rotatable bonds is 4. The average Bonchev–Trinajstić information content (AvgIpc) is 2.46. The maximum Gasteiger partial charge on any atom is 0.231 e.